The third-order valence-corrected chi connectivity index (χ3v) is 2.79. The molecule has 0 aromatic heterocycles. The quantitative estimate of drug-likeness (QED) is 0.768. The fraction of sp³-hybridized carbons (Fsp3) is 0.538. The van der Waals surface area contributed by atoms with Crippen LogP contribution in [0.25, 0.3) is 0 Å². The molecule has 1 unspecified atom stereocenters. The second-order valence-corrected chi connectivity index (χ2v) is 3.79. The molecular formula is C13H22N2O3. The lowest BCUT2D eigenvalue weighted by molar-refractivity contribution is 0.359. The number of hydrogen-bond acceptors (Lipinski definition) is 5. The second kappa shape index (κ2) is 7.08. The fourth-order valence-corrected chi connectivity index (χ4v) is 1.93. The lowest BCUT2D eigenvalue weighted by atomic mass is 10.0. The maximum atomic E-state index is 5.80. The van der Waals surface area contributed by atoms with Crippen molar-refractivity contribution < 1.29 is 14.2 Å². The SMILES string of the molecule is CCNC(CN)c1c(OC)cc(OC)cc1OC. The summed E-state index contributed by atoms with van der Waals surface area (Å²) < 4.78 is 16.0. The molecule has 0 radical (unpaired) electrons. The van der Waals surface area contributed by atoms with Gasteiger partial charge in [-0.15, -0.1) is 0 Å². The summed E-state index contributed by atoms with van der Waals surface area (Å²) in [5, 5.41) is 3.31. The largest absolute Gasteiger partial charge is 0.496 e. The molecule has 0 aliphatic carbocycles. The van der Waals surface area contributed by atoms with Crippen molar-refractivity contribution in [2.75, 3.05) is 34.4 Å². The zero-order valence-corrected chi connectivity index (χ0v) is 11.4. The van der Waals surface area contributed by atoms with Crippen molar-refractivity contribution in [3.05, 3.63) is 17.7 Å². The summed E-state index contributed by atoms with van der Waals surface area (Å²) in [6.07, 6.45) is 0. The molecule has 0 aliphatic heterocycles. The molecule has 1 aromatic rings. The zero-order chi connectivity index (χ0) is 13.5. The van der Waals surface area contributed by atoms with Crippen LogP contribution in [0.3, 0.4) is 0 Å². The van der Waals surface area contributed by atoms with Crippen LogP contribution < -0.4 is 25.3 Å². The zero-order valence-electron chi connectivity index (χ0n) is 11.4. The van der Waals surface area contributed by atoms with Crippen molar-refractivity contribution in [1.29, 1.82) is 0 Å². The molecule has 5 nitrogen and oxygen atoms in total. The summed E-state index contributed by atoms with van der Waals surface area (Å²) in [4.78, 5) is 0. The minimum atomic E-state index is -0.00851. The molecule has 1 atom stereocenters. The van der Waals surface area contributed by atoms with E-state index in [-0.39, 0.29) is 6.04 Å². The number of rotatable bonds is 7. The Kier molecular flexibility index (Phi) is 5.74. The van der Waals surface area contributed by atoms with E-state index in [1.165, 1.54) is 0 Å². The highest BCUT2D eigenvalue weighted by atomic mass is 16.5. The molecule has 0 saturated heterocycles. The minimum absolute atomic E-state index is 0.00851. The molecule has 5 heteroatoms. The third kappa shape index (κ3) is 3.05. The van der Waals surface area contributed by atoms with E-state index in [4.69, 9.17) is 19.9 Å². The Bertz CT molecular complexity index is 357. The highest BCUT2D eigenvalue weighted by Gasteiger charge is 2.20. The van der Waals surface area contributed by atoms with Crippen molar-refractivity contribution in [2.24, 2.45) is 5.73 Å². The second-order valence-electron chi connectivity index (χ2n) is 3.79. The summed E-state index contributed by atoms with van der Waals surface area (Å²) >= 11 is 0. The van der Waals surface area contributed by atoms with E-state index in [2.05, 4.69) is 5.32 Å². The lowest BCUT2D eigenvalue weighted by Crippen LogP contribution is -2.28. The van der Waals surface area contributed by atoms with Gasteiger partial charge in [0.05, 0.1) is 32.9 Å². The molecule has 0 heterocycles. The van der Waals surface area contributed by atoms with Gasteiger partial charge in [-0.05, 0) is 6.54 Å². The monoisotopic (exact) mass is 254 g/mol. The molecule has 0 spiro atoms. The first-order chi connectivity index (χ1) is 8.71. The van der Waals surface area contributed by atoms with Gasteiger partial charge in [0.2, 0.25) is 0 Å². The Hall–Kier alpha value is -1.46. The number of ether oxygens (including phenoxy) is 3. The van der Waals surface area contributed by atoms with Crippen LogP contribution in [0, 0.1) is 0 Å². The van der Waals surface area contributed by atoms with Crippen LogP contribution >= 0.6 is 0 Å². The Morgan fingerprint density at radius 2 is 1.67 bits per heavy atom. The number of nitrogens with two attached hydrogens (primary N) is 1. The van der Waals surface area contributed by atoms with Gasteiger partial charge in [-0.25, -0.2) is 0 Å². The summed E-state index contributed by atoms with van der Waals surface area (Å²) in [6, 6.07) is 3.65. The average molecular weight is 254 g/mol. The maximum Gasteiger partial charge on any atom is 0.131 e. The first-order valence-electron chi connectivity index (χ1n) is 5.95. The van der Waals surface area contributed by atoms with Crippen LogP contribution in [0.1, 0.15) is 18.5 Å². The third-order valence-electron chi connectivity index (χ3n) is 2.79. The molecule has 0 saturated carbocycles. The highest BCUT2D eigenvalue weighted by molar-refractivity contribution is 5.52. The number of methoxy groups -OCH3 is 3. The standard InChI is InChI=1S/C13H22N2O3/c1-5-15-10(8-14)13-11(17-3)6-9(16-2)7-12(13)18-4/h6-7,10,15H,5,8,14H2,1-4H3. The van der Waals surface area contributed by atoms with E-state index in [1.54, 1.807) is 21.3 Å². The Morgan fingerprint density at radius 3 is 2.00 bits per heavy atom. The van der Waals surface area contributed by atoms with Gasteiger partial charge in [-0.1, -0.05) is 6.92 Å². The van der Waals surface area contributed by atoms with Crippen LogP contribution in [-0.4, -0.2) is 34.4 Å². The Labute approximate surface area is 108 Å². The van der Waals surface area contributed by atoms with E-state index in [0.29, 0.717) is 23.8 Å². The van der Waals surface area contributed by atoms with Crippen molar-refractivity contribution in [3.63, 3.8) is 0 Å². The van der Waals surface area contributed by atoms with Gasteiger partial charge < -0.3 is 25.3 Å². The molecule has 0 fully saturated rings. The number of benzene rings is 1. The molecule has 0 amide bonds. The summed E-state index contributed by atoms with van der Waals surface area (Å²) in [5.41, 5.74) is 6.73. The van der Waals surface area contributed by atoms with Crippen LogP contribution in [0.15, 0.2) is 12.1 Å². The van der Waals surface area contributed by atoms with Crippen molar-refractivity contribution in [3.8, 4) is 17.2 Å². The summed E-state index contributed by atoms with van der Waals surface area (Å²) in [7, 11) is 4.85. The average Bonchev–Trinajstić information content (AvgIpc) is 2.43. The van der Waals surface area contributed by atoms with Gasteiger partial charge in [0, 0.05) is 18.7 Å². The van der Waals surface area contributed by atoms with Crippen LogP contribution in [0.5, 0.6) is 17.2 Å². The Balaban J connectivity index is 3.28. The molecule has 0 aliphatic rings. The first kappa shape index (κ1) is 14.6. The number of hydrogen-bond donors (Lipinski definition) is 2. The predicted molar refractivity (Wildman–Crippen MR) is 71.6 cm³/mol. The molecular weight excluding hydrogens is 232 g/mol. The van der Waals surface area contributed by atoms with Gasteiger partial charge in [-0.3, -0.25) is 0 Å². The van der Waals surface area contributed by atoms with Crippen LogP contribution in [0.2, 0.25) is 0 Å². The topological polar surface area (TPSA) is 65.7 Å². The molecule has 18 heavy (non-hydrogen) atoms. The van der Waals surface area contributed by atoms with Crippen molar-refractivity contribution >= 4 is 0 Å². The molecule has 1 rings (SSSR count). The van der Waals surface area contributed by atoms with Crippen molar-refractivity contribution in [1.82, 2.24) is 5.32 Å². The fourth-order valence-electron chi connectivity index (χ4n) is 1.93. The maximum absolute atomic E-state index is 5.80. The highest BCUT2D eigenvalue weighted by Crippen LogP contribution is 2.37. The van der Waals surface area contributed by atoms with E-state index >= 15 is 0 Å². The van der Waals surface area contributed by atoms with Gasteiger partial charge >= 0.3 is 0 Å². The molecule has 0 bridgehead atoms. The van der Waals surface area contributed by atoms with E-state index < -0.39 is 0 Å². The van der Waals surface area contributed by atoms with Crippen molar-refractivity contribution in [2.45, 2.75) is 13.0 Å². The normalized spacial score (nSPS) is 12.1. The van der Waals surface area contributed by atoms with E-state index in [9.17, 15) is 0 Å². The number of nitrogens with one attached hydrogen (secondary N) is 1. The summed E-state index contributed by atoms with van der Waals surface area (Å²) in [5.74, 6) is 2.12. The van der Waals surface area contributed by atoms with Crippen LogP contribution in [0.4, 0.5) is 0 Å². The van der Waals surface area contributed by atoms with Gasteiger partial charge in [0.1, 0.15) is 17.2 Å². The van der Waals surface area contributed by atoms with E-state index in [1.807, 2.05) is 19.1 Å². The molecule has 3 N–H and O–H groups in total. The van der Waals surface area contributed by atoms with Gasteiger partial charge in [-0.2, -0.15) is 0 Å². The number of likely N-dealkylation sites (N-methyl/N-ethyl adjacent to an activating group) is 1. The molecule has 102 valence electrons. The smallest absolute Gasteiger partial charge is 0.131 e. The van der Waals surface area contributed by atoms with Crippen LogP contribution in [-0.2, 0) is 0 Å². The predicted octanol–water partition coefficient (Wildman–Crippen LogP) is 1.32. The summed E-state index contributed by atoms with van der Waals surface area (Å²) in [6.45, 7) is 3.32. The molecule has 1 aromatic carbocycles. The van der Waals surface area contributed by atoms with E-state index in [0.717, 1.165) is 12.1 Å². The van der Waals surface area contributed by atoms with Gasteiger partial charge in [0.25, 0.3) is 0 Å². The Morgan fingerprint density at radius 1 is 1.11 bits per heavy atom. The lowest BCUT2D eigenvalue weighted by Gasteiger charge is -2.22. The minimum Gasteiger partial charge on any atom is -0.496 e. The first-order valence-corrected chi connectivity index (χ1v) is 5.95. The van der Waals surface area contributed by atoms with Gasteiger partial charge in [0.15, 0.2) is 0 Å².